The number of aryl methyl sites for hydroxylation is 1. The van der Waals surface area contributed by atoms with Crippen LogP contribution in [-0.4, -0.2) is 25.9 Å². The maximum atomic E-state index is 12.4. The van der Waals surface area contributed by atoms with Gasteiger partial charge in [-0.25, -0.2) is 4.79 Å². The maximum Gasteiger partial charge on any atom is 0.323 e. The lowest BCUT2D eigenvalue weighted by Crippen LogP contribution is -2.20. The molecule has 0 radical (unpaired) electrons. The molecule has 27 heavy (non-hydrogen) atoms. The smallest absolute Gasteiger partial charge is 0.323 e. The summed E-state index contributed by atoms with van der Waals surface area (Å²) in [6.45, 7) is 8.96. The number of carbonyl (C=O) groups excluding carboxylic acids is 1. The minimum absolute atomic E-state index is 0.415. The zero-order valence-corrected chi connectivity index (χ0v) is 16.2. The summed E-state index contributed by atoms with van der Waals surface area (Å²) >= 11 is 0. The number of hydrogen-bond acceptors (Lipinski definition) is 5. The van der Waals surface area contributed by atoms with Crippen LogP contribution in [0.4, 0.5) is 21.9 Å². The fourth-order valence-electron chi connectivity index (χ4n) is 2.52. The van der Waals surface area contributed by atoms with Gasteiger partial charge in [0.05, 0.1) is 36.9 Å². The number of amides is 2. The van der Waals surface area contributed by atoms with Crippen molar-refractivity contribution in [3.05, 3.63) is 35.9 Å². The predicted molar refractivity (Wildman–Crippen MR) is 108 cm³/mol. The van der Waals surface area contributed by atoms with Crippen molar-refractivity contribution in [1.82, 2.24) is 0 Å². The van der Waals surface area contributed by atoms with Crippen molar-refractivity contribution in [2.75, 3.05) is 36.2 Å². The van der Waals surface area contributed by atoms with Crippen LogP contribution in [0.15, 0.2) is 30.3 Å². The molecular weight excluding hydrogens is 346 g/mol. The van der Waals surface area contributed by atoms with Crippen molar-refractivity contribution < 1.29 is 19.0 Å². The lowest BCUT2D eigenvalue weighted by molar-refractivity contribution is 0.260. The molecule has 0 aromatic heterocycles. The number of ether oxygens (including phenoxy) is 3. The molecule has 2 aromatic carbocycles. The van der Waals surface area contributed by atoms with Crippen LogP contribution in [0.2, 0.25) is 0 Å². The fourth-order valence-corrected chi connectivity index (χ4v) is 2.52. The van der Waals surface area contributed by atoms with Crippen LogP contribution in [0.1, 0.15) is 26.3 Å². The van der Waals surface area contributed by atoms with Gasteiger partial charge in [-0.1, -0.05) is 6.07 Å². The van der Waals surface area contributed by atoms with E-state index in [1.54, 1.807) is 18.2 Å². The molecule has 7 nitrogen and oxygen atoms in total. The third-order valence-electron chi connectivity index (χ3n) is 3.62. The highest BCUT2D eigenvalue weighted by Crippen LogP contribution is 2.40. The Morgan fingerprint density at radius 2 is 1.52 bits per heavy atom. The molecule has 0 heterocycles. The predicted octanol–water partition coefficient (Wildman–Crippen LogP) is 4.42. The van der Waals surface area contributed by atoms with Crippen molar-refractivity contribution >= 4 is 23.1 Å². The molecule has 0 spiro atoms. The Balaban J connectivity index is 2.26. The van der Waals surface area contributed by atoms with E-state index >= 15 is 0 Å². The fraction of sp³-hybridized carbons (Fsp3) is 0.350. The van der Waals surface area contributed by atoms with Crippen LogP contribution < -0.4 is 30.6 Å². The van der Waals surface area contributed by atoms with E-state index in [1.165, 1.54) is 0 Å². The third-order valence-corrected chi connectivity index (χ3v) is 3.62. The Bertz CT molecular complexity index is 766. The van der Waals surface area contributed by atoms with Gasteiger partial charge in [-0.15, -0.1) is 0 Å². The highest BCUT2D eigenvalue weighted by atomic mass is 16.5. The lowest BCUT2D eigenvalue weighted by Gasteiger charge is -2.17. The quantitative estimate of drug-likeness (QED) is 0.596. The first-order valence-corrected chi connectivity index (χ1v) is 8.99. The number of hydrogen-bond donors (Lipinski definition) is 3. The number of carbonyl (C=O) groups is 1. The van der Waals surface area contributed by atoms with Crippen molar-refractivity contribution in [3.8, 4) is 17.2 Å². The van der Waals surface area contributed by atoms with Crippen molar-refractivity contribution in [2.45, 2.75) is 27.7 Å². The van der Waals surface area contributed by atoms with Crippen LogP contribution in [0.25, 0.3) is 0 Å². The second-order valence-corrected chi connectivity index (χ2v) is 5.77. The number of anilines is 3. The van der Waals surface area contributed by atoms with Crippen LogP contribution in [-0.2, 0) is 0 Å². The third kappa shape index (κ3) is 5.44. The van der Waals surface area contributed by atoms with E-state index in [4.69, 9.17) is 19.9 Å². The van der Waals surface area contributed by atoms with Crippen molar-refractivity contribution in [3.63, 3.8) is 0 Å². The van der Waals surface area contributed by atoms with Gasteiger partial charge in [0.2, 0.25) is 5.75 Å². The molecule has 7 heteroatoms. The van der Waals surface area contributed by atoms with Gasteiger partial charge in [0.1, 0.15) is 0 Å². The molecule has 146 valence electrons. The van der Waals surface area contributed by atoms with E-state index in [1.807, 2.05) is 39.8 Å². The maximum absolute atomic E-state index is 12.4. The molecular formula is C20H27N3O4. The SMILES string of the molecule is CCOc1cc(NC(=O)Nc2cc(C)ccc2N)cc(OCC)c1OCC. The highest BCUT2D eigenvalue weighted by molar-refractivity contribution is 6.02. The molecule has 0 aliphatic carbocycles. The summed E-state index contributed by atoms with van der Waals surface area (Å²) in [5, 5.41) is 5.54. The molecule has 0 aliphatic heterocycles. The molecule has 0 aliphatic rings. The number of rotatable bonds is 8. The van der Waals surface area contributed by atoms with Gasteiger partial charge < -0.3 is 30.6 Å². The molecule has 4 N–H and O–H groups in total. The topological polar surface area (TPSA) is 94.8 Å². The first kappa shape index (κ1) is 20.2. The van der Waals surface area contributed by atoms with E-state index in [0.29, 0.717) is 54.1 Å². The first-order valence-electron chi connectivity index (χ1n) is 8.99. The van der Waals surface area contributed by atoms with Crippen molar-refractivity contribution in [1.29, 1.82) is 0 Å². The van der Waals surface area contributed by atoms with E-state index < -0.39 is 6.03 Å². The molecule has 0 saturated carbocycles. The van der Waals surface area contributed by atoms with Crippen LogP contribution in [0.5, 0.6) is 17.2 Å². The summed E-state index contributed by atoms with van der Waals surface area (Å²) in [6, 6.07) is 8.44. The number of benzene rings is 2. The largest absolute Gasteiger partial charge is 0.490 e. The van der Waals surface area contributed by atoms with Gasteiger partial charge in [0, 0.05) is 12.1 Å². The minimum atomic E-state index is -0.415. The normalized spacial score (nSPS) is 10.2. The summed E-state index contributed by atoms with van der Waals surface area (Å²) in [7, 11) is 0. The van der Waals surface area contributed by atoms with Crippen LogP contribution >= 0.6 is 0 Å². The summed E-state index contributed by atoms with van der Waals surface area (Å²) in [4.78, 5) is 12.4. The Kier molecular flexibility index (Phi) is 7.16. The Labute approximate surface area is 159 Å². The first-order chi connectivity index (χ1) is 13.0. The van der Waals surface area contributed by atoms with Gasteiger partial charge in [0.15, 0.2) is 11.5 Å². The summed E-state index contributed by atoms with van der Waals surface area (Å²) in [6.07, 6.45) is 0. The zero-order chi connectivity index (χ0) is 19.8. The number of nitrogens with one attached hydrogen (secondary N) is 2. The van der Waals surface area contributed by atoms with E-state index in [0.717, 1.165) is 5.56 Å². The summed E-state index contributed by atoms with van der Waals surface area (Å²) in [5.41, 5.74) is 8.48. The van der Waals surface area contributed by atoms with Gasteiger partial charge in [-0.3, -0.25) is 0 Å². The van der Waals surface area contributed by atoms with Gasteiger partial charge in [-0.2, -0.15) is 0 Å². The lowest BCUT2D eigenvalue weighted by atomic mass is 10.2. The number of nitrogen functional groups attached to an aromatic ring is 1. The molecule has 2 aromatic rings. The number of urea groups is 1. The molecule has 0 unspecified atom stereocenters. The van der Waals surface area contributed by atoms with E-state index in [2.05, 4.69) is 10.6 Å². The van der Waals surface area contributed by atoms with Crippen LogP contribution in [0.3, 0.4) is 0 Å². The monoisotopic (exact) mass is 373 g/mol. The molecule has 0 saturated heterocycles. The van der Waals surface area contributed by atoms with Crippen LogP contribution in [0, 0.1) is 6.92 Å². The Morgan fingerprint density at radius 3 is 2.07 bits per heavy atom. The average molecular weight is 373 g/mol. The second-order valence-electron chi connectivity index (χ2n) is 5.77. The van der Waals surface area contributed by atoms with Gasteiger partial charge >= 0.3 is 6.03 Å². The standard InChI is InChI=1S/C20H27N3O4/c1-5-25-17-11-14(12-18(26-6-2)19(17)27-7-3)22-20(24)23-16-10-13(4)8-9-15(16)21/h8-12H,5-7,21H2,1-4H3,(H2,22,23,24). The van der Waals surface area contributed by atoms with E-state index in [9.17, 15) is 4.79 Å². The molecule has 0 atom stereocenters. The molecule has 2 amide bonds. The Morgan fingerprint density at radius 1 is 0.926 bits per heavy atom. The summed E-state index contributed by atoms with van der Waals surface area (Å²) in [5.74, 6) is 1.54. The second kappa shape index (κ2) is 9.56. The highest BCUT2D eigenvalue weighted by Gasteiger charge is 2.16. The van der Waals surface area contributed by atoms with Gasteiger partial charge in [0.25, 0.3) is 0 Å². The molecule has 0 bridgehead atoms. The van der Waals surface area contributed by atoms with Gasteiger partial charge in [-0.05, 0) is 45.4 Å². The molecule has 0 fully saturated rings. The average Bonchev–Trinajstić information content (AvgIpc) is 2.61. The van der Waals surface area contributed by atoms with Crippen molar-refractivity contribution in [2.24, 2.45) is 0 Å². The summed E-state index contributed by atoms with van der Waals surface area (Å²) < 4.78 is 17.0. The zero-order valence-electron chi connectivity index (χ0n) is 16.2. The molecule has 2 rings (SSSR count). The van der Waals surface area contributed by atoms with E-state index in [-0.39, 0.29) is 0 Å². The Hall–Kier alpha value is -3.09. The minimum Gasteiger partial charge on any atom is -0.490 e. The number of nitrogens with two attached hydrogens (primary N) is 1.